The molecule has 1 fully saturated rings. The molecule has 1 aromatic carbocycles. The van der Waals surface area contributed by atoms with Crippen molar-refractivity contribution in [2.75, 3.05) is 20.6 Å². The Morgan fingerprint density at radius 1 is 1.22 bits per heavy atom. The summed E-state index contributed by atoms with van der Waals surface area (Å²) in [5, 5.41) is 2.94. The predicted octanol–water partition coefficient (Wildman–Crippen LogP) is 1.84. The van der Waals surface area contributed by atoms with Gasteiger partial charge in [-0.3, -0.25) is 9.59 Å². The number of carbonyl (C=O) groups excluding carboxylic acids is 2. The Kier molecular flexibility index (Phi) is 5.77. The maximum atomic E-state index is 12.5. The summed E-state index contributed by atoms with van der Waals surface area (Å²) in [7, 11) is 3.55. The van der Waals surface area contributed by atoms with E-state index in [1.165, 1.54) is 0 Å². The Bertz CT molecular complexity index is 536. The molecule has 0 aliphatic heterocycles. The molecule has 5 heteroatoms. The van der Waals surface area contributed by atoms with Crippen molar-refractivity contribution in [1.82, 2.24) is 10.2 Å². The first kappa shape index (κ1) is 17.5. The van der Waals surface area contributed by atoms with Gasteiger partial charge in [-0.1, -0.05) is 43.2 Å². The number of carbonyl (C=O) groups is 2. The molecule has 0 radical (unpaired) electrons. The average Bonchev–Trinajstić information content (AvgIpc) is 3.03. The minimum Gasteiger partial charge on any atom is -0.355 e. The van der Waals surface area contributed by atoms with E-state index in [1.54, 1.807) is 19.0 Å². The molecule has 0 aromatic heterocycles. The van der Waals surface area contributed by atoms with Crippen LogP contribution in [-0.4, -0.2) is 37.4 Å². The Hall–Kier alpha value is -1.88. The molecule has 0 spiro atoms. The lowest BCUT2D eigenvalue weighted by molar-refractivity contribution is -0.139. The number of hydrogen-bond acceptors (Lipinski definition) is 3. The van der Waals surface area contributed by atoms with Crippen LogP contribution in [0.4, 0.5) is 0 Å². The molecule has 0 bridgehead atoms. The van der Waals surface area contributed by atoms with Gasteiger partial charge in [0.15, 0.2) is 0 Å². The fraction of sp³-hybridized carbons (Fsp3) is 0.556. The maximum Gasteiger partial charge on any atom is 0.230 e. The molecule has 0 heterocycles. The van der Waals surface area contributed by atoms with Gasteiger partial charge in [-0.05, 0) is 18.4 Å². The molecule has 1 aliphatic rings. The summed E-state index contributed by atoms with van der Waals surface area (Å²) >= 11 is 0. The molecule has 1 atom stereocenters. The largest absolute Gasteiger partial charge is 0.355 e. The highest BCUT2D eigenvalue weighted by Crippen LogP contribution is 2.38. The molecule has 23 heavy (non-hydrogen) atoms. The molecular formula is C18H27N3O2. The third-order valence-corrected chi connectivity index (χ3v) is 4.68. The first-order valence-corrected chi connectivity index (χ1v) is 8.23. The molecule has 1 aromatic rings. The minimum atomic E-state index is -0.435. The van der Waals surface area contributed by atoms with E-state index in [1.807, 2.05) is 30.3 Å². The highest BCUT2D eigenvalue weighted by molar-refractivity contribution is 5.84. The lowest BCUT2D eigenvalue weighted by Crippen LogP contribution is -2.46. The second-order valence-electron chi connectivity index (χ2n) is 6.69. The van der Waals surface area contributed by atoms with E-state index < -0.39 is 5.41 Å². The van der Waals surface area contributed by atoms with Crippen molar-refractivity contribution in [3.63, 3.8) is 0 Å². The van der Waals surface area contributed by atoms with Crippen LogP contribution in [0, 0.1) is 5.41 Å². The molecule has 5 nitrogen and oxygen atoms in total. The first-order valence-electron chi connectivity index (χ1n) is 8.23. The smallest absolute Gasteiger partial charge is 0.230 e. The third-order valence-electron chi connectivity index (χ3n) is 4.68. The summed E-state index contributed by atoms with van der Waals surface area (Å²) in [6, 6.07) is 9.28. The van der Waals surface area contributed by atoms with Gasteiger partial charge in [-0.25, -0.2) is 0 Å². The van der Waals surface area contributed by atoms with Crippen LogP contribution in [0.5, 0.6) is 0 Å². The molecule has 2 rings (SSSR count). The summed E-state index contributed by atoms with van der Waals surface area (Å²) in [6.45, 7) is 0.407. The van der Waals surface area contributed by atoms with Gasteiger partial charge in [0.05, 0.1) is 5.41 Å². The fourth-order valence-electron chi connectivity index (χ4n) is 3.35. The van der Waals surface area contributed by atoms with Crippen LogP contribution in [0.15, 0.2) is 30.3 Å². The summed E-state index contributed by atoms with van der Waals surface area (Å²) in [5.41, 5.74) is 6.60. The molecule has 1 saturated carbocycles. The van der Waals surface area contributed by atoms with E-state index in [2.05, 4.69) is 5.32 Å². The van der Waals surface area contributed by atoms with Gasteiger partial charge in [0.2, 0.25) is 11.8 Å². The second-order valence-corrected chi connectivity index (χ2v) is 6.69. The Morgan fingerprint density at radius 2 is 1.83 bits per heavy atom. The van der Waals surface area contributed by atoms with Crippen LogP contribution in [0.2, 0.25) is 0 Å². The van der Waals surface area contributed by atoms with Gasteiger partial charge in [0.25, 0.3) is 0 Å². The van der Waals surface area contributed by atoms with E-state index in [4.69, 9.17) is 5.73 Å². The van der Waals surface area contributed by atoms with Crippen molar-refractivity contribution in [2.45, 2.75) is 38.1 Å². The predicted molar refractivity (Wildman–Crippen MR) is 90.6 cm³/mol. The van der Waals surface area contributed by atoms with E-state index in [-0.39, 0.29) is 24.3 Å². The zero-order valence-electron chi connectivity index (χ0n) is 14.0. The third kappa shape index (κ3) is 4.32. The van der Waals surface area contributed by atoms with Gasteiger partial charge in [-0.2, -0.15) is 0 Å². The summed E-state index contributed by atoms with van der Waals surface area (Å²) < 4.78 is 0. The highest BCUT2D eigenvalue weighted by Gasteiger charge is 2.42. The van der Waals surface area contributed by atoms with E-state index in [0.717, 1.165) is 31.2 Å². The van der Waals surface area contributed by atoms with Crippen molar-refractivity contribution in [1.29, 1.82) is 0 Å². The van der Waals surface area contributed by atoms with Crippen LogP contribution >= 0.6 is 0 Å². The van der Waals surface area contributed by atoms with Crippen LogP contribution in [0.3, 0.4) is 0 Å². The van der Waals surface area contributed by atoms with Gasteiger partial charge in [0, 0.05) is 33.1 Å². The zero-order chi connectivity index (χ0) is 16.9. The molecule has 126 valence electrons. The van der Waals surface area contributed by atoms with Crippen LogP contribution < -0.4 is 11.1 Å². The molecule has 1 unspecified atom stereocenters. The number of nitrogens with zero attached hydrogens (tertiary/aromatic N) is 1. The number of hydrogen-bond donors (Lipinski definition) is 2. The molecular weight excluding hydrogens is 290 g/mol. The number of nitrogens with two attached hydrogens (primary N) is 1. The van der Waals surface area contributed by atoms with Crippen molar-refractivity contribution in [3.05, 3.63) is 35.9 Å². The summed E-state index contributed by atoms with van der Waals surface area (Å²) in [6.07, 6.45) is 4.00. The maximum absolute atomic E-state index is 12.5. The molecule has 0 saturated heterocycles. The standard InChI is InChI=1S/C18H27N3O2/c1-21(2)17(23)18(10-6-7-11-18)13-20-16(22)12-15(19)14-8-4-3-5-9-14/h3-5,8-9,15H,6-7,10-13,19H2,1-2H3,(H,20,22). The molecule has 2 amide bonds. The van der Waals surface area contributed by atoms with Gasteiger partial charge in [-0.15, -0.1) is 0 Å². The fourth-order valence-corrected chi connectivity index (χ4v) is 3.35. The topological polar surface area (TPSA) is 75.4 Å². The van der Waals surface area contributed by atoms with Crippen LogP contribution in [-0.2, 0) is 9.59 Å². The minimum absolute atomic E-state index is 0.0980. The SMILES string of the molecule is CN(C)C(=O)C1(CNC(=O)CC(N)c2ccccc2)CCCC1. The zero-order valence-corrected chi connectivity index (χ0v) is 14.0. The van der Waals surface area contributed by atoms with Gasteiger partial charge < -0.3 is 16.0 Å². The van der Waals surface area contributed by atoms with Crippen LogP contribution in [0.1, 0.15) is 43.7 Å². The Labute approximate surface area is 138 Å². The summed E-state index contributed by atoms with van der Waals surface area (Å²) in [5.74, 6) is 0.0156. The number of benzene rings is 1. The van der Waals surface area contributed by atoms with Crippen molar-refractivity contribution >= 4 is 11.8 Å². The van der Waals surface area contributed by atoms with Crippen molar-refractivity contribution in [3.8, 4) is 0 Å². The van der Waals surface area contributed by atoms with Crippen LogP contribution in [0.25, 0.3) is 0 Å². The quantitative estimate of drug-likeness (QED) is 0.840. The Morgan fingerprint density at radius 3 is 2.39 bits per heavy atom. The second kappa shape index (κ2) is 7.59. The number of amides is 2. The lowest BCUT2D eigenvalue weighted by Gasteiger charge is -2.31. The monoisotopic (exact) mass is 317 g/mol. The van der Waals surface area contributed by atoms with E-state index in [9.17, 15) is 9.59 Å². The lowest BCUT2D eigenvalue weighted by atomic mass is 9.84. The average molecular weight is 317 g/mol. The van der Waals surface area contributed by atoms with Crippen molar-refractivity contribution in [2.24, 2.45) is 11.1 Å². The Balaban J connectivity index is 1.91. The molecule has 3 N–H and O–H groups in total. The number of nitrogens with one attached hydrogen (secondary N) is 1. The van der Waals surface area contributed by atoms with E-state index in [0.29, 0.717) is 6.54 Å². The van der Waals surface area contributed by atoms with Gasteiger partial charge in [0.1, 0.15) is 0 Å². The molecule has 1 aliphatic carbocycles. The normalized spacial score (nSPS) is 17.5. The summed E-state index contributed by atoms with van der Waals surface area (Å²) in [4.78, 5) is 26.3. The first-order chi connectivity index (χ1) is 10.9. The van der Waals surface area contributed by atoms with E-state index >= 15 is 0 Å². The highest BCUT2D eigenvalue weighted by atomic mass is 16.2. The number of rotatable bonds is 6. The van der Waals surface area contributed by atoms with Gasteiger partial charge >= 0.3 is 0 Å². The van der Waals surface area contributed by atoms with Crippen molar-refractivity contribution < 1.29 is 9.59 Å².